The van der Waals surface area contributed by atoms with Crippen LogP contribution in [0.4, 0.5) is 24.5 Å². The van der Waals surface area contributed by atoms with E-state index in [1.54, 1.807) is 6.07 Å². The molecule has 21 heavy (non-hydrogen) atoms. The summed E-state index contributed by atoms with van der Waals surface area (Å²) in [5.41, 5.74) is 3.34. The van der Waals surface area contributed by atoms with Crippen molar-refractivity contribution < 1.29 is 18.0 Å². The lowest BCUT2D eigenvalue weighted by molar-refractivity contribution is 0.101. The third-order valence-electron chi connectivity index (χ3n) is 2.72. The van der Waals surface area contributed by atoms with E-state index in [-0.39, 0.29) is 5.69 Å². The number of hydrogen-bond acceptors (Lipinski definition) is 3. The van der Waals surface area contributed by atoms with Gasteiger partial charge in [0.05, 0.1) is 11.4 Å². The molecule has 0 aromatic heterocycles. The molecule has 0 spiro atoms. The molecule has 106 valence electrons. The van der Waals surface area contributed by atoms with Crippen LogP contribution in [0.15, 0.2) is 30.3 Å². The number of rotatable bonds is 2. The lowest BCUT2D eigenvalue weighted by Crippen LogP contribution is -2.17. The van der Waals surface area contributed by atoms with Crippen LogP contribution in [-0.4, -0.2) is 5.91 Å². The second-order valence-electron chi connectivity index (χ2n) is 4.05. The molecule has 0 unspecified atom stereocenters. The second kappa shape index (κ2) is 5.54. The molecule has 3 N–H and O–H groups in total. The fraction of sp³-hybridized carbons (Fsp3) is 0. The number of amides is 1. The molecule has 0 saturated heterocycles. The van der Waals surface area contributed by atoms with Gasteiger partial charge in [-0.3, -0.25) is 4.79 Å². The molecule has 2 aromatic rings. The van der Waals surface area contributed by atoms with Crippen molar-refractivity contribution >= 4 is 17.3 Å². The Bertz CT molecular complexity index is 769. The number of anilines is 2. The number of halogens is 3. The number of nitrogens with one attached hydrogen (secondary N) is 1. The number of hydrogen-bond donors (Lipinski definition) is 2. The number of nitrogen functional groups attached to an aromatic ring is 1. The summed E-state index contributed by atoms with van der Waals surface area (Å²) in [7, 11) is 0. The highest BCUT2D eigenvalue weighted by Gasteiger charge is 2.21. The van der Waals surface area contributed by atoms with Gasteiger partial charge in [0.1, 0.15) is 28.8 Å². The van der Waals surface area contributed by atoms with E-state index < -0.39 is 40.2 Å². The number of benzene rings is 2. The van der Waals surface area contributed by atoms with E-state index in [1.165, 1.54) is 12.1 Å². The molecule has 0 fully saturated rings. The second-order valence-corrected chi connectivity index (χ2v) is 4.05. The SMILES string of the molecule is N#Cc1c(F)cccc1NC(=O)c1c(F)ccc(N)c1F. The van der Waals surface area contributed by atoms with Crippen LogP contribution in [0.1, 0.15) is 15.9 Å². The molecule has 0 heterocycles. The molecular formula is C14H8F3N3O. The monoisotopic (exact) mass is 291 g/mol. The Hall–Kier alpha value is -3.01. The lowest BCUT2D eigenvalue weighted by atomic mass is 10.1. The van der Waals surface area contributed by atoms with E-state index in [9.17, 15) is 18.0 Å². The molecule has 0 aliphatic rings. The first kappa shape index (κ1) is 14.4. The molecule has 2 rings (SSSR count). The highest BCUT2D eigenvalue weighted by Crippen LogP contribution is 2.22. The molecule has 0 saturated carbocycles. The first-order valence-electron chi connectivity index (χ1n) is 5.69. The molecule has 0 radical (unpaired) electrons. The third kappa shape index (κ3) is 2.65. The van der Waals surface area contributed by atoms with Crippen LogP contribution in [0.5, 0.6) is 0 Å². The van der Waals surface area contributed by atoms with E-state index in [4.69, 9.17) is 11.0 Å². The van der Waals surface area contributed by atoms with Crippen LogP contribution < -0.4 is 11.1 Å². The number of nitrogens with two attached hydrogens (primary N) is 1. The van der Waals surface area contributed by atoms with Gasteiger partial charge in [0.15, 0.2) is 5.82 Å². The molecule has 0 atom stereocenters. The molecule has 0 aliphatic carbocycles. The van der Waals surface area contributed by atoms with Crippen molar-refractivity contribution in [3.63, 3.8) is 0 Å². The van der Waals surface area contributed by atoms with Crippen molar-refractivity contribution in [2.75, 3.05) is 11.1 Å². The van der Waals surface area contributed by atoms with E-state index in [1.807, 2.05) is 0 Å². The first-order valence-corrected chi connectivity index (χ1v) is 5.69. The summed E-state index contributed by atoms with van der Waals surface area (Å²) in [5.74, 6) is -4.36. The zero-order chi connectivity index (χ0) is 15.6. The van der Waals surface area contributed by atoms with Crippen LogP contribution in [0.2, 0.25) is 0 Å². The van der Waals surface area contributed by atoms with Gasteiger partial charge in [-0.1, -0.05) is 6.07 Å². The summed E-state index contributed by atoms with van der Waals surface area (Å²) in [6.45, 7) is 0. The van der Waals surface area contributed by atoms with Crippen molar-refractivity contribution in [2.24, 2.45) is 0 Å². The highest BCUT2D eigenvalue weighted by molar-refractivity contribution is 6.05. The molecule has 1 amide bonds. The average molecular weight is 291 g/mol. The van der Waals surface area contributed by atoms with E-state index in [0.29, 0.717) is 0 Å². The van der Waals surface area contributed by atoms with Gasteiger partial charge in [-0.2, -0.15) is 5.26 Å². The smallest absolute Gasteiger partial charge is 0.261 e. The summed E-state index contributed by atoms with van der Waals surface area (Å²) in [4.78, 5) is 11.9. The minimum Gasteiger partial charge on any atom is -0.396 e. The Morgan fingerprint density at radius 3 is 2.52 bits per heavy atom. The van der Waals surface area contributed by atoms with Crippen molar-refractivity contribution in [1.82, 2.24) is 0 Å². The Morgan fingerprint density at radius 2 is 1.86 bits per heavy atom. The Balaban J connectivity index is 2.43. The number of carbonyl (C=O) groups excluding carboxylic acids is 1. The minimum atomic E-state index is -1.22. The first-order chi connectivity index (χ1) is 9.95. The van der Waals surface area contributed by atoms with Gasteiger partial charge in [0.2, 0.25) is 0 Å². The fourth-order valence-electron chi connectivity index (χ4n) is 1.70. The maximum Gasteiger partial charge on any atom is 0.261 e. The fourth-order valence-corrected chi connectivity index (χ4v) is 1.70. The maximum atomic E-state index is 13.7. The van der Waals surface area contributed by atoms with Gasteiger partial charge in [-0.25, -0.2) is 13.2 Å². The van der Waals surface area contributed by atoms with Crippen molar-refractivity contribution in [1.29, 1.82) is 5.26 Å². The van der Waals surface area contributed by atoms with Crippen LogP contribution in [0, 0.1) is 28.8 Å². The van der Waals surface area contributed by atoms with Gasteiger partial charge in [-0.15, -0.1) is 0 Å². The summed E-state index contributed by atoms with van der Waals surface area (Å²) >= 11 is 0. The molecule has 4 nitrogen and oxygen atoms in total. The summed E-state index contributed by atoms with van der Waals surface area (Å²) in [5, 5.41) is 10.9. The van der Waals surface area contributed by atoms with Crippen molar-refractivity contribution in [2.45, 2.75) is 0 Å². The summed E-state index contributed by atoms with van der Waals surface area (Å²) in [6.07, 6.45) is 0. The van der Waals surface area contributed by atoms with Crippen LogP contribution in [0.3, 0.4) is 0 Å². The minimum absolute atomic E-state index is 0.191. The van der Waals surface area contributed by atoms with Gasteiger partial charge in [0.25, 0.3) is 5.91 Å². The zero-order valence-corrected chi connectivity index (χ0v) is 10.5. The molecule has 0 aliphatic heterocycles. The summed E-state index contributed by atoms with van der Waals surface area (Å²) < 4.78 is 40.6. The summed E-state index contributed by atoms with van der Waals surface area (Å²) in [6, 6.07) is 6.88. The van der Waals surface area contributed by atoms with Crippen molar-refractivity contribution in [3.8, 4) is 6.07 Å². The van der Waals surface area contributed by atoms with Crippen molar-refractivity contribution in [3.05, 3.63) is 58.9 Å². The van der Waals surface area contributed by atoms with Gasteiger partial charge in [-0.05, 0) is 24.3 Å². The van der Waals surface area contributed by atoms with Crippen LogP contribution in [0.25, 0.3) is 0 Å². The third-order valence-corrected chi connectivity index (χ3v) is 2.72. The number of nitrogens with zero attached hydrogens (tertiary/aromatic N) is 1. The van der Waals surface area contributed by atoms with Gasteiger partial charge >= 0.3 is 0 Å². The molecular weight excluding hydrogens is 283 g/mol. The Labute approximate surface area is 117 Å². The quantitative estimate of drug-likeness (QED) is 0.835. The normalized spacial score (nSPS) is 10.0. The van der Waals surface area contributed by atoms with Crippen LogP contribution in [-0.2, 0) is 0 Å². The van der Waals surface area contributed by atoms with Gasteiger partial charge in [0, 0.05) is 0 Å². The lowest BCUT2D eigenvalue weighted by Gasteiger charge is -2.09. The topological polar surface area (TPSA) is 78.9 Å². The predicted molar refractivity (Wildman–Crippen MR) is 69.8 cm³/mol. The zero-order valence-electron chi connectivity index (χ0n) is 10.5. The average Bonchev–Trinajstić information content (AvgIpc) is 2.44. The number of nitriles is 1. The van der Waals surface area contributed by atoms with E-state index >= 15 is 0 Å². The molecule has 0 bridgehead atoms. The Kier molecular flexibility index (Phi) is 3.80. The highest BCUT2D eigenvalue weighted by atomic mass is 19.1. The van der Waals surface area contributed by atoms with E-state index in [0.717, 1.165) is 18.2 Å². The number of carbonyl (C=O) groups is 1. The van der Waals surface area contributed by atoms with Gasteiger partial charge < -0.3 is 11.1 Å². The largest absolute Gasteiger partial charge is 0.396 e. The van der Waals surface area contributed by atoms with E-state index in [2.05, 4.69) is 5.32 Å². The predicted octanol–water partition coefficient (Wildman–Crippen LogP) is 2.81. The molecule has 7 heteroatoms. The Morgan fingerprint density at radius 1 is 1.14 bits per heavy atom. The van der Waals surface area contributed by atoms with Crippen LogP contribution >= 0.6 is 0 Å². The maximum absolute atomic E-state index is 13.7. The standard InChI is InChI=1S/C14H8F3N3O/c15-8-2-1-3-11(7(8)6-18)20-14(21)12-9(16)4-5-10(19)13(12)17/h1-5H,19H2,(H,20,21). The molecule has 2 aromatic carbocycles.